The molecule has 1 atom stereocenters. The van der Waals surface area contributed by atoms with Gasteiger partial charge in [0.15, 0.2) is 17.6 Å². The summed E-state index contributed by atoms with van der Waals surface area (Å²) in [6.07, 6.45) is 0.864. The van der Waals surface area contributed by atoms with Crippen LogP contribution in [-0.4, -0.2) is 31.9 Å². The lowest BCUT2D eigenvalue weighted by molar-refractivity contribution is -0.127. The van der Waals surface area contributed by atoms with Gasteiger partial charge in [0.25, 0.3) is 5.91 Å². The Morgan fingerprint density at radius 1 is 1.14 bits per heavy atom. The quantitative estimate of drug-likeness (QED) is 0.531. The summed E-state index contributed by atoms with van der Waals surface area (Å²) in [7, 11) is 1.58. The van der Waals surface area contributed by atoms with Crippen LogP contribution >= 0.6 is 0 Å². The number of hydrogen-bond donors (Lipinski definition) is 1. The van der Waals surface area contributed by atoms with Gasteiger partial charge < -0.3 is 14.2 Å². The number of rotatable bonds is 8. The summed E-state index contributed by atoms with van der Waals surface area (Å²) >= 11 is 0. The minimum Gasteiger partial charge on any atom is -0.493 e. The van der Waals surface area contributed by atoms with Crippen molar-refractivity contribution in [2.75, 3.05) is 13.7 Å². The minimum atomic E-state index is -0.678. The van der Waals surface area contributed by atoms with E-state index in [0.717, 1.165) is 5.56 Å². The molecular weight excluding hydrogens is 368 g/mol. The number of nitrogens with zero attached hydrogens (tertiary/aromatic N) is 1. The van der Waals surface area contributed by atoms with Crippen LogP contribution in [0.3, 0.4) is 0 Å². The third-order valence-electron chi connectivity index (χ3n) is 4.28. The normalized spacial score (nSPS) is 12.5. The number of hydrazone groups is 1. The second-order valence-electron chi connectivity index (χ2n) is 7.61. The van der Waals surface area contributed by atoms with Gasteiger partial charge in [0.1, 0.15) is 5.75 Å². The van der Waals surface area contributed by atoms with Crippen LogP contribution in [0.1, 0.15) is 45.7 Å². The van der Waals surface area contributed by atoms with E-state index in [1.165, 1.54) is 5.56 Å². The Morgan fingerprint density at radius 3 is 2.41 bits per heavy atom. The standard InChI is InChI=1S/C23H30N2O4/c1-7-28-20-13-8-17(14-21(20)27-6)15-24-25-22(26)16(2)29-19-11-9-18(10-12-19)23(3,4)5/h8-16H,7H2,1-6H3,(H,25,26)/b24-15+. The lowest BCUT2D eigenvalue weighted by Crippen LogP contribution is -2.33. The van der Waals surface area contributed by atoms with Gasteiger partial charge in [-0.05, 0) is 60.7 Å². The average Bonchev–Trinajstić information content (AvgIpc) is 2.68. The minimum absolute atomic E-state index is 0.0692. The maximum absolute atomic E-state index is 12.2. The number of ether oxygens (including phenoxy) is 3. The van der Waals surface area contributed by atoms with Crippen molar-refractivity contribution >= 4 is 12.1 Å². The number of benzene rings is 2. The van der Waals surface area contributed by atoms with Crippen LogP contribution in [0.25, 0.3) is 0 Å². The Morgan fingerprint density at radius 2 is 1.83 bits per heavy atom. The van der Waals surface area contributed by atoms with E-state index < -0.39 is 6.10 Å². The van der Waals surface area contributed by atoms with Gasteiger partial charge in [0, 0.05) is 0 Å². The molecule has 6 heteroatoms. The van der Waals surface area contributed by atoms with Crippen molar-refractivity contribution in [1.82, 2.24) is 5.43 Å². The molecule has 0 saturated heterocycles. The number of hydrogen-bond acceptors (Lipinski definition) is 5. The molecule has 0 aliphatic heterocycles. The Kier molecular flexibility index (Phi) is 7.65. The fourth-order valence-electron chi connectivity index (χ4n) is 2.59. The van der Waals surface area contributed by atoms with Crippen molar-refractivity contribution in [2.45, 2.75) is 46.1 Å². The van der Waals surface area contributed by atoms with E-state index in [1.807, 2.05) is 37.3 Å². The number of nitrogens with one attached hydrogen (secondary N) is 1. The first-order valence-corrected chi connectivity index (χ1v) is 9.65. The van der Waals surface area contributed by atoms with Gasteiger partial charge in [-0.2, -0.15) is 5.10 Å². The maximum atomic E-state index is 12.2. The van der Waals surface area contributed by atoms with Crippen LogP contribution in [0, 0.1) is 0 Å². The van der Waals surface area contributed by atoms with E-state index in [0.29, 0.717) is 23.9 Å². The first kappa shape index (κ1) is 22.3. The molecule has 0 saturated carbocycles. The summed E-state index contributed by atoms with van der Waals surface area (Å²) in [5, 5.41) is 4.00. The smallest absolute Gasteiger partial charge is 0.280 e. The molecule has 0 spiro atoms. The van der Waals surface area contributed by atoms with E-state index in [1.54, 1.807) is 32.4 Å². The van der Waals surface area contributed by atoms with Crippen molar-refractivity contribution < 1.29 is 19.0 Å². The SMILES string of the molecule is CCOc1ccc(/C=N/NC(=O)C(C)Oc2ccc(C(C)(C)C)cc2)cc1OC. The van der Waals surface area contributed by atoms with Crippen LogP contribution < -0.4 is 19.6 Å². The zero-order valence-corrected chi connectivity index (χ0v) is 18.0. The second-order valence-corrected chi connectivity index (χ2v) is 7.61. The van der Waals surface area contributed by atoms with Crippen LogP contribution in [0.15, 0.2) is 47.6 Å². The third kappa shape index (κ3) is 6.52. The lowest BCUT2D eigenvalue weighted by atomic mass is 9.87. The van der Waals surface area contributed by atoms with Gasteiger partial charge >= 0.3 is 0 Å². The highest BCUT2D eigenvalue weighted by molar-refractivity contribution is 5.84. The highest BCUT2D eigenvalue weighted by Gasteiger charge is 2.16. The fourth-order valence-corrected chi connectivity index (χ4v) is 2.59. The lowest BCUT2D eigenvalue weighted by Gasteiger charge is -2.20. The average molecular weight is 399 g/mol. The molecule has 156 valence electrons. The second kappa shape index (κ2) is 9.96. The van der Waals surface area contributed by atoms with Crippen LogP contribution in [0.4, 0.5) is 0 Å². The zero-order valence-electron chi connectivity index (χ0n) is 18.0. The fraction of sp³-hybridized carbons (Fsp3) is 0.391. The summed E-state index contributed by atoms with van der Waals surface area (Å²) in [5.41, 5.74) is 4.55. The number of carbonyl (C=O) groups excluding carboxylic acids is 1. The highest BCUT2D eigenvalue weighted by atomic mass is 16.5. The molecule has 29 heavy (non-hydrogen) atoms. The van der Waals surface area contributed by atoms with Crippen LogP contribution in [0.5, 0.6) is 17.2 Å². The number of methoxy groups -OCH3 is 1. The van der Waals surface area contributed by atoms with Gasteiger partial charge in [0.2, 0.25) is 0 Å². The summed E-state index contributed by atoms with van der Waals surface area (Å²) in [6.45, 7) is 10.6. The van der Waals surface area contributed by atoms with Gasteiger partial charge in [0.05, 0.1) is 19.9 Å². The third-order valence-corrected chi connectivity index (χ3v) is 4.28. The van der Waals surface area contributed by atoms with Crippen molar-refractivity contribution in [1.29, 1.82) is 0 Å². The largest absolute Gasteiger partial charge is 0.493 e. The Hall–Kier alpha value is -3.02. The monoisotopic (exact) mass is 398 g/mol. The summed E-state index contributed by atoms with van der Waals surface area (Å²) in [6, 6.07) is 13.2. The molecule has 0 heterocycles. The molecule has 6 nitrogen and oxygen atoms in total. The molecular formula is C23H30N2O4. The molecule has 1 N–H and O–H groups in total. The molecule has 1 amide bonds. The van der Waals surface area contributed by atoms with Crippen molar-refractivity contribution in [2.24, 2.45) is 5.10 Å². The highest BCUT2D eigenvalue weighted by Crippen LogP contribution is 2.27. The van der Waals surface area contributed by atoms with E-state index >= 15 is 0 Å². The Balaban J connectivity index is 1.92. The predicted molar refractivity (Wildman–Crippen MR) is 115 cm³/mol. The van der Waals surface area contributed by atoms with Crippen molar-refractivity contribution in [3.63, 3.8) is 0 Å². The molecule has 0 aromatic heterocycles. The summed E-state index contributed by atoms with van der Waals surface area (Å²) < 4.78 is 16.5. The van der Waals surface area contributed by atoms with Gasteiger partial charge in [-0.1, -0.05) is 32.9 Å². The molecule has 2 aromatic rings. The Bertz CT molecular complexity index is 839. The summed E-state index contributed by atoms with van der Waals surface area (Å²) in [4.78, 5) is 12.2. The van der Waals surface area contributed by atoms with E-state index in [9.17, 15) is 4.79 Å². The van der Waals surface area contributed by atoms with Gasteiger partial charge in [-0.25, -0.2) is 5.43 Å². The van der Waals surface area contributed by atoms with Crippen molar-refractivity contribution in [3.8, 4) is 17.2 Å². The number of carbonyl (C=O) groups is 1. The zero-order chi connectivity index (χ0) is 21.4. The molecule has 2 rings (SSSR count). The number of amides is 1. The predicted octanol–water partition coefficient (Wildman–Crippen LogP) is 4.31. The topological polar surface area (TPSA) is 69.2 Å². The van der Waals surface area contributed by atoms with Crippen LogP contribution in [-0.2, 0) is 10.2 Å². The van der Waals surface area contributed by atoms with Crippen molar-refractivity contribution in [3.05, 3.63) is 53.6 Å². The molecule has 0 aliphatic rings. The molecule has 2 aromatic carbocycles. The molecule has 0 bridgehead atoms. The Labute approximate surface area is 172 Å². The van der Waals surface area contributed by atoms with Gasteiger partial charge in [-0.3, -0.25) is 4.79 Å². The van der Waals surface area contributed by atoms with Gasteiger partial charge in [-0.15, -0.1) is 0 Å². The molecule has 0 aliphatic carbocycles. The van der Waals surface area contributed by atoms with Crippen LogP contribution in [0.2, 0.25) is 0 Å². The first-order chi connectivity index (χ1) is 13.7. The van der Waals surface area contributed by atoms with E-state index in [-0.39, 0.29) is 11.3 Å². The molecule has 0 radical (unpaired) electrons. The van der Waals surface area contributed by atoms with E-state index in [2.05, 4.69) is 31.3 Å². The molecule has 0 fully saturated rings. The first-order valence-electron chi connectivity index (χ1n) is 9.65. The maximum Gasteiger partial charge on any atom is 0.280 e. The van der Waals surface area contributed by atoms with E-state index in [4.69, 9.17) is 14.2 Å². The molecule has 1 unspecified atom stereocenters. The summed E-state index contributed by atoms with van der Waals surface area (Å²) in [5.74, 6) is 1.58.